The van der Waals surface area contributed by atoms with Crippen molar-refractivity contribution in [2.45, 2.75) is 13.5 Å². The van der Waals surface area contributed by atoms with E-state index in [0.29, 0.717) is 12.5 Å². The number of furan rings is 1. The molecule has 0 fully saturated rings. The van der Waals surface area contributed by atoms with Crippen LogP contribution in [0.1, 0.15) is 11.5 Å². The van der Waals surface area contributed by atoms with Gasteiger partial charge in [0.15, 0.2) is 0 Å². The lowest BCUT2D eigenvalue weighted by Crippen LogP contribution is -2.20. The van der Waals surface area contributed by atoms with E-state index in [1.807, 2.05) is 26.1 Å². The first-order chi connectivity index (χ1) is 8.58. The van der Waals surface area contributed by atoms with Crippen molar-refractivity contribution >= 4 is 11.9 Å². The first-order valence-electron chi connectivity index (χ1n) is 5.40. The Balaban J connectivity index is 2.17. The topological polar surface area (TPSA) is 90.3 Å². The SMILES string of the molecule is COc1nc(N)nc(N(C)Cc2ccc(C)o2)n1. The van der Waals surface area contributed by atoms with Gasteiger partial charge in [0.05, 0.1) is 13.7 Å². The van der Waals surface area contributed by atoms with Gasteiger partial charge < -0.3 is 19.8 Å². The number of nitrogens with zero attached hydrogens (tertiary/aromatic N) is 4. The minimum atomic E-state index is 0.124. The van der Waals surface area contributed by atoms with E-state index in [1.165, 1.54) is 7.11 Å². The molecule has 18 heavy (non-hydrogen) atoms. The third kappa shape index (κ3) is 2.68. The van der Waals surface area contributed by atoms with Gasteiger partial charge in [-0.25, -0.2) is 0 Å². The second-order valence-electron chi connectivity index (χ2n) is 3.85. The molecule has 96 valence electrons. The zero-order valence-electron chi connectivity index (χ0n) is 10.5. The monoisotopic (exact) mass is 249 g/mol. The molecule has 0 spiro atoms. The molecular formula is C11H15N5O2. The molecule has 0 aliphatic rings. The van der Waals surface area contributed by atoms with Crippen LogP contribution in [-0.4, -0.2) is 29.1 Å². The highest BCUT2D eigenvalue weighted by Gasteiger charge is 2.11. The minimum Gasteiger partial charge on any atom is -0.467 e. The average Bonchev–Trinajstić information content (AvgIpc) is 2.73. The van der Waals surface area contributed by atoms with Crippen molar-refractivity contribution in [1.82, 2.24) is 15.0 Å². The van der Waals surface area contributed by atoms with Gasteiger partial charge in [0.25, 0.3) is 0 Å². The lowest BCUT2D eigenvalue weighted by molar-refractivity contribution is 0.378. The predicted molar refractivity (Wildman–Crippen MR) is 66.3 cm³/mol. The van der Waals surface area contributed by atoms with Crippen LogP contribution in [-0.2, 0) is 6.54 Å². The molecule has 0 radical (unpaired) electrons. The highest BCUT2D eigenvalue weighted by atomic mass is 16.5. The Morgan fingerprint density at radius 3 is 2.72 bits per heavy atom. The number of ether oxygens (including phenoxy) is 1. The van der Waals surface area contributed by atoms with Crippen molar-refractivity contribution in [3.8, 4) is 6.01 Å². The summed E-state index contributed by atoms with van der Waals surface area (Å²) in [6.07, 6.45) is 0. The van der Waals surface area contributed by atoms with E-state index in [-0.39, 0.29) is 12.0 Å². The fourth-order valence-corrected chi connectivity index (χ4v) is 1.50. The number of aryl methyl sites for hydroxylation is 1. The van der Waals surface area contributed by atoms with Crippen molar-refractivity contribution in [3.63, 3.8) is 0 Å². The smallest absolute Gasteiger partial charge is 0.322 e. The van der Waals surface area contributed by atoms with Crippen LogP contribution in [0.15, 0.2) is 16.5 Å². The Hall–Kier alpha value is -2.31. The number of nitrogen functional groups attached to an aromatic ring is 1. The second-order valence-corrected chi connectivity index (χ2v) is 3.85. The second kappa shape index (κ2) is 4.91. The van der Waals surface area contributed by atoms with Gasteiger partial charge in [0.1, 0.15) is 11.5 Å². The fourth-order valence-electron chi connectivity index (χ4n) is 1.50. The van der Waals surface area contributed by atoms with E-state index in [4.69, 9.17) is 14.9 Å². The largest absolute Gasteiger partial charge is 0.467 e. The van der Waals surface area contributed by atoms with Gasteiger partial charge in [-0.3, -0.25) is 0 Å². The Morgan fingerprint density at radius 1 is 1.33 bits per heavy atom. The molecule has 0 atom stereocenters. The van der Waals surface area contributed by atoms with Crippen molar-refractivity contribution in [2.24, 2.45) is 0 Å². The van der Waals surface area contributed by atoms with E-state index in [1.54, 1.807) is 4.90 Å². The summed E-state index contributed by atoms with van der Waals surface area (Å²) >= 11 is 0. The van der Waals surface area contributed by atoms with Crippen molar-refractivity contribution < 1.29 is 9.15 Å². The number of rotatable bonds is 4. The Kier molecular flexibility index (Phi) is 3.31. The first-order valence-corrected chi connectivity index (χ1v) is 5.40. The molecule has 0 amide bonds. The Bertz CT molecular complexity index is 540. The van der Waals surface area contributed by atoms with Crippen LogP contribution in [0.2, 0.25) is 0 Å². The normalized spacial score (nSPS) is 10.4. The molecule has 2 heterocycles. The van der Waals surface area contributed by atoms with Crippen molar-refractivity contribution in [2.75, 3.05) is 24.8 Å². The van der Waals surface area contributed by atoms with Crippen LogP contribution in [0.5, 0.6) is 6.01 Å². The molecule has 7 nitrogen and oxygen atoms in total. The summed E-state index contributed by atoms with van der Waals surface area (Å²) in [6, 6.07) is 4.01. The first kappa shape index (κ1) is 12.2. The van der Waals surface area contributed by atoms with Crippen LogP contribution in [0.25, 0.3) is 0 Å². The molecule has 0 aliphatic heterocycles. The molecule has 0 saturated carbocycles. The molecule has 2 aromatic heterocycles. The molecule has 0 aliphatic carbocycles. The number of hydrogen-bond donors (Lipinski definition) is 1. The quantitative estimate of drug-likeness (QED) is 0.864. The van der Waals surface area contributed by atoms with E-state index < -0.39 is 0 Å². The van der Waals surface area contributed by atoms with Gasteiger partial charge in [0, 0.05) is 7.05 Å². The molecule has 2 rings (SSSR count). The molecule has 2 N–H and O–H groups in total. The maximum Gasteiger partial charge on any atom is 0.322 e. The Labute approximate surface area is 105 Å². The third-order valence-electron chi connectivity index (χ3n) is 2.33. The molecule has 7 heteroatoms. The summed E-state index contributed by atoms with van der Waals surface area (Å²) in [5.41, 5.74) is 5.58. The van der Waals surface area contributed by atoms with E-state index in [0.717, 1.165) is 11.5 Å². The maximum absolute atomic E-state index is 5.58. The van der Waals surface area contributed by atoms with Gasteiger partial charge in [-0.1, -0.05) is 0 Å². The third-order valence-corrected chi connectivity index (χ3v) is 2.33. The maximum atomic E-state index is 5.58. The summed E-state index contributed by atoms with van der Waals surface area (Å²) in [6.45, 7) is 2.44. The zero-order valence-corrected chi connectivity index (χ0v) is 10.5. The lowest BCUT2D eigenvalue weighted by Gasteiger charge is -2.15. The van der Waals surface area contributed by atoms with E-state index in [2.05, 4.69) is 15.0 Å². The molecule has 0 bridgehead atoms. The summed E-state index contributed by atoms with van der Waals surface area (Å²) < 4.78 is 10.4. The summed E-state index contributed by atoms with van der Waals surface area (Å²) in [5, 5.41) is 0. The van der Waals surface area contributed by atoms with Crippen LogP contribution in [0.4, 0.5) is 11.9 Å². The van der Waals surface area contributed by atoms with Gasteiger partial charge >= 0.3 is 6.01 Å². The highest BCUT2D eigenvalue weighted by Crippen LogP contribution is 2.15. The minimum absolute atomic E-state index is 0.124. The molecule has 2 aromatic rings. The number of nitrogens with two attached hydrogens (primary N) is 1. The van der Waals surface area contributed by atoms with Gasteiger partial charge in [-0.05, 0) is 19.1 Å². The predicted octanol–water partition coefficient (Wildman–Crippen LogP) is 1.00. The van der Waals surface area contributed by atoms with Crippen LogP contribution in [0, 0.1) is 6.92 Å². The molecule has 0 aromatic carbocycles. The van der Waals surface area contributed by atoms with Crippen molar-refractivity contribution in [3.05, 3.63) is 23.7 Å². The zero-order chi connectivity index (χ0) is 13.1. The molecule has 0 saturated heterocycles. The molecular weight excluding hydrogens is 234 g/mol. The summed E-state index contributed by atoms with van der Waals surface area (Å²) in [7, 11) is 3.32. The Morgan fingerprint density at radius 2 is 2.11 bits per heavy atom. The van der Waals surface area contributed by atoms with Gasteiger partial charge in [-0.15, -0.1) is 0 Å². The van der Waals surface area contributed by atoms with E-state index in [9.17, 15) is 0 Å². The molecule has 0 unspecified atom stereocenters. The average molecular weight is 249 g/mol. The van der Waals surface area contributed by atoms with Crippen LogP contribution < -0.4 is 15.4 Å². The number of aromatic nitrogens is 3. The van der Waals surface area contributed by atoms with Gasteiger partial charge in [-0.2, -0.15) is 15.0 Å². The number of hydrogen-bond acceptors (Lipinski definition) is 7. The van der Waals surface area contributed by atoms with Crippen molar-refractivity contribution in [1.29, 1.82) is 0 Å². The number of anilines is 2. The van der Waals surface area contributed by atoms with Crippen LogP contribution >= 0.6 is 0 Å². The standard InChI is InChI=1S/C11H15N5O2/c1-7-4-5-8(18-7)6-16(2)10-13-9(12)14-11(15-10)17-3/h4-5H,6H2,1-3H3,(H2,12,13,14,15). The van der Waals surface area contributed by atoms with Crippen LogP contribution in [0.3, 0.4) is 0 Å². The highest BCUT2D eigenvalue weighted by molar-refractivity contribution is 5.35. The van der Waals surface area contributed by atoms with E-state index >= 15 is 0 Å². The van der Waals surface area contributed by atoms with Gasteiger partial charge in [0.2, 0.25) is 11.9 Å². The lowest BCUT2D eigenvalue weighted by atomic mass is 10.4. The summed E-state index contributed by atoms with van der Waals surface area (Å²) in [5.74, 6) is 2.26. The fraction of sp³-hybridized carbons (Fsp3) is 0.364. The summed E-state index contributed by atoms with van der Waals surface area (Å²) in [4.78, 5) is 13.8. The number of methoxy groups -OCH3 is 1.